The number of thiazole rings is 2. The van der Waals surface area contributed by atoms with Crippen LogP contribution in [0.3, 0.4) is 0 Å². The van der Waals surface area contributed by atoms with Crippen molar-refractivity contribution in [1.29, 1.82) is 0 Å². The Morgan fingerprint density at radius 2 is 2.11 bits per heavy atom. The molecule has 18 heavy (non-hydrogen) atoms. The van der Waals surface area contributed by atoms with Crippen LogP contribution in [0.5, 0.6) is 0 Å². The lowest BCUT2D eigenvalue weighted by molar-refractivity contribution is 1.02. The molecule has 0 fully saturated rings. The van der Waals surface area contributed by atoms with Crippen LogP contribution in [0.4, 0.5) is 0 Å². The van der Waals surface area contributed by atoms with Crippen LogP contribution in [0.25, 0.3) is 20.1 Å². The van der Waals surface area contributed by atoms with Gasteiger partial charge in [0.05, 0.1) is 20.8 Å². The zero-order chi connectivity index (χ0) is 12.7. The van der Waals surface area contributed by atoms with Crippen LogP contribution < -0.4 is 5.73 Å². The lowest BCUT2D eigenvalue weighted by Crippen LogP contribution is -1.94. The number of rotatable bonds is 2. The van der Waals surface area contributed by atoms with Gasteiger partial charge in [0.25, 0.3) is 0 Å². The Hall–Kier alpha value is -1.01. The smallest absolute Gasteiger partial charge is 0.136 e. The molecule has 6 heteroatoms. The second-order valence-electron chi connectivity index (χ2n) is 3.86. The molecule has 0 spiro atoms. The molecule has 0 atom stereocenters. The van der Waals surface area contributed by atoms with E-state index in [-0.39, 0.29) is 0 Å². The van der Waals surface area contributed by atoms with Gasteiger partial charge < -0.3 is 5.73 Å². The highest BCUT2D eigenvalue weighted by atomic mass is 35.5. The highest BCUT2D eigenvalue weighted by molar-refractivity contribution is 7.25. The Labute approximate surface area is 117 Å². The van der Waals surface area contributed by atoms with Crippen LogP contribution in [0.2, 0.25) is 5.02 Å². The first-order valence-electron chi connectivity index (χ1n) is 5.40. The second kappa shape index (κ2) is 4.59. The minimum Gasteiger partial charge on any atom is -0.325 e. The van der Waals surface area contributed by atoms with E-state index in [1.165, 1.54) is 0 Å². The summed E-state index contributed by atoms with van der Waals surface area (Å²) in [5.74, 6) is 0. The molecule has 2 N–H and O–H groups in total. The quantitative estimate of drug-likeness (QED) is 0.781. The average molecular weight is 296 g/mol. The number of fused-ring (bicyclic) bond motifs is 1. The number of hydrogen-bond donors (Lipinski definition) is 1. The maximum atomic E-state index is 5.98. The van der Waals surface area contributed by atoms with Crippen molar-refractivity contribution in [3.05, 3.63) is 33.9 Å². The lowest BCUT2D eigenvalue weighted by Gasteiger charge is -1.88. The van der Waals surface area contributed by atoms with Gasteiger partial charge in [-0.05, 0) is 25.1 Å². The summed E-state index contributed by atoms with van der Waals surface area (Å²) in [6.07, 6.45) is 0. The minimum atomic E-state index is 0.474. The third kappa shape index (κ3) is 2.03. The van der Waals surface area contributed by atoms with Gasteiger partial charge in [0.15, 0.2) is 0 Å². The Bertz CT molecular complexity index is 717. The normalized spacial score (nSPS) is 11.3. The Kier molecular flexibility index (Phi) is 3.07. The van der Waals surface area contributed by atoms with Gasteiger partial charge in [0, 0.05) is 11.6 Å². The number of aryl methyl sites for hydroxylation is 1. The van der Waals surface area contributed by atoms with Crippen molar-refractivity contribution in [3.63, 3.8) is 0 Å². The zero-order valence-electron chi connectivity index (χ0n) is 9.61. The van der Waals surface area contributed by atoms with E-state index in [1.54, 1.807) is 22.7 Å². The van der Waals surface area contributed by atoms with E-state index in [9.17, 15) is 0 Å². The third-order valence-corrected chi connectivity index (χ3v) is 5.15. The van der Waals surface area contributed by atoms with E-state index in [0.717, 1.165) is 35.8 Å². The van der Waals surface area contributed by atoms with Crippen molar-refractivity contribution in [1.82, 2.24) is 9.97 Å². The Balaban J connectivity index is 2.15. The van der Waals surface area contributed by atoms with Crippen LogP contribution in [0.15, 0.2) is 18.2 Å². The Morgan fingerprint density at radius 1 is 1.28 bits per heavy atom. The van der Waals surface area contributed by atoms with Crippen molar-refractivity contribution < 1.29 is 0 Å². The molecule has 2 aromatic heterocycles. The first kappa shape index (κ1) is 12.0. The maximum Gasteiger partial charge on any atom is 0.136 e. The third-order valence-electron chi connectivity index (χ3n) is 2.56. The van der Waals surface area contributed by atoms with Crippen molar-refractivity contribution in [2.24, 2.45) is 5.73 Å². The molecule has 3 aromatic rings. The fourth-order valence-corrected chi connectivity index (χ4v) is 4.05. The molecule has 0 bridgehead atoms. The molecular formula is C12H10ClN3S2. The maximum absolute atomic E-state index is 5.98. The number of halogens is 1. The molecule has 0 radical (unpaired) electrons. The molecule has 0 unspecified atom stereocenters. The van der Waals surface area contributed by atoms with E-state index in [2.05, 4.69) is 9.97 Å². The fourth-order valence-electron chi connectivity index (χ4n) is 1.73. The van der Waals surface area contributed by atoms with Crippen LogP contribution in [0.1, 0.15) is 10.7 Å². The van der Waals surface area contributed by atoms with Crippen molar-refractivity contribution in [3.8, 4) is 9.88 Å². The molecule has 3 rings (SSSR count). The van der Waals surface area contributed by atoms with E-state index in [0.29, 0.717) is 6.54 Å². The molecular weight excluding hydrogens is 286 g/mol. The van der Waals surface area contributed by atoms with Gasteiger partial charge in [0.2, 0.25) is 0 Å². The van der Waals surface area contributed by atoms with Gasteiger partial charge in [-0.3, -0.25) is 0 Å². The molecule has 1 aromatic carbocycles. The standard InChI is InChI=1S/C12H10ClN3S2/c1-6-11(18-10(5-14)15-6)12-16-8-3-2-7(13)4-9(8)17-12/h2-4H,5,14H2,1H3. The molecule has 0 saturated carbocycles. The first-order chi connectivity index (χ1) is 8.67. The van der Waals surface area contributed by atoms with Crippen LogP contribution >= 0.6 is 34.3 Å². The monoisotopic (exact) mass is 295 g/mol. The minimum absolute atomic E-state index is 0.474. The average Bonchev–Trinajstić information content (AvgIpc) is 2.91. The van der Waals surface area contributed by atoms with Gasteiger partial charge in [-0.1, -0.05) is 11.6 Å². The van der Waals surface area contributed by atoms with Gasteiger partial charge in [-0.15, -0.1) is 22.7 Å². The van der Waals surface area contributed by atoms with E-state index < -0.39 is 0 Å². The van der Waals surface area contributed by atoms with Crippen LogP contribution in [-0.4, -0.2) is 9.97 Å². The molecule has 0 aliphatic heterocycles. The predicted octanol–water partition coefficient (Wildman–Crippen LogP) is 3.84. The van der Waals surface area contributed by atoms with Crippen LogP contribution in [-0.2, 0) is 6.54 Å². The topological polar surface area (TPSA) is 51.8 Å². The lowest BCUT2D eigenvalue weighted by atomic mass is 10.3. The summed E-state index contributed by atoms with van der Waals surface area (Å²) in [5, 5.41) is 2.67. The molecule has 2 heterocycles. The molecule has 0 aliphatic carbocycles. The molecule has 3 nitrogen and oxygen atoms in total. The van der Waals surface area contributed by atoms with Crippen molar-refractivity contribution in [2.45, 2.75) is 13.5 Å². The Morgan fingerprint density at radius 3 is 2.83 bits per heavy atom. The van der Waals surface area contributed by atoms with Gasteiger partial charge in [-0.2, -0.15) is 0 Å². The van der Waals surface area contributed by atoms with Gasteiger partial charge in [-0.25, -0.2) is 9.97 Å². The molecule has 0 amide bonds. The van der Waals surface area contributed by atoms with Crippen molar-refractivity contribution in [2.75, 3.05) is 0 Å². The zero-order valence-corrected chi connectivity index (χ0v) is 12.0. The number of aromatic nitrogens is 2. The summed E-state index contributed by atoms with van der Waals surface area (Å²) < 4.78 is 1.10. The number of nitrogens with two attached hydrogens (primary N) is 1. The summed E-state index contributed by atoms with van der Waals surface area (Å²) in [5.41, 5.74) is 7.58. The summed E-state index contributed by atoms with van der Waals surface area (Å²) in [4.78, 5) is 10.2. The highest BCUT2D eigenvalue weighted by Crippen LogP contribution is 2.36. The molecule has 0 aliphatic rings. The van der Waals surface area contributed by atoms with Gasteiger partial charge >= 0.3 is 0 Å². The summed E-state index contributed by atoms with van der Waals surface area (Å²) in [6, 6.07) is 5.74. The second-order valence-corrected chi connectivity index (χ2v) is 6.41. The summed E-state index contributed by atoms with van der Waals surface area (Å²) in [6.45, 7) is 2.46. The van der Waals surface area contributed by atoms with E-state index in [1.807, 2.05) is 25.1 Å². The van der Waals surface area contributed by atoms with E-state index in [4.69, 9.17) is 17.3 Å². The van der Waals surface area contributed by atoms with Crippen molar-refractivity contribution >= 4 is 44.5 Å². The SMILES string of the molecule is Cc1nc(CN)sc1-c1nc2ccc(Cl)cc2s1. The van der Waals surface area contributed by atoms with E-state index >= 15 is 0 Å². The predicted molar refractivity (Wildman–Crippen MR) is 78.4 cm³/mol. The first-order valence-corrected chi connectivity index (χ1v) is 7.41. The highest BCUT2D eigenvalue weighted by Gasteiger charge is 2.13. The summed E-state index contributed by atoms with van der Waals surface area (Å²) in [7, 11) is 0. The molecule has 0 saturated heterocycles. The molecule has 92 valence electrons. The number of benzene rings is 1. The van der Waals surface area contributed by atoms with Crippen LogP contribution in [0, 0.1) is 6.92 Å². The number of nitrogens with zero attached hydrogens (tertiary/aromatic N) is 2. The summed E-state index contributed by atoms with van der Waals surface area (Å²) >= 11 is 9.23. The largest absolute Gasteiger partial charge is 0.325 e. The fraction of sp³-hybridized carbons (Fsp3) is 0.167. The number of hydrogen-bond acceptors (Lipinski definition) is 5. The van der Waals surface area contributed by atoms with Gasteiger partial charge in [0.1, 0.15) is 10.0 Å².